The summed E-state index contributed by atoms with van der Waals surface area (Å²) in [5.41, 5.74) is 0.547. The fourth-order valence-corrected chi connectivity index (χ4v) is 3.33. The Hall–Kier alpha value is -1.63. The van der Waals surface area contributed by atoms with E-state index in [-0.39, 0.29) is 24.2 Å². The number of benzene rings is 1. The molecular weight excluding hydrogens is 366 g/mol. The van der Waals surface area contributed by atoms with Crippen LogP contribution in [0.5, 0.6) is 0 Å². The molecule has 152 valence electrons. The Bertz CT molecular complexity index is 595. The molecule has 0 saturated carbocycles. The largest absolute Gasteiger partial charge is 0.368 e. The van der Waals surface area contributed by atoms with Gasteiger partial charge in [-0.2, -0.15) is 0 Å². The van der Waals surface area contributed by atoms with Crippen LogP contribution in [0.2, 0.25) is 0 Å². The first kappa shape index (κ1) is 23.4. The Morgan fingerprint density at radius 1 is 1.11 bits per heavy atom. The van der Waals surface area contributed by atoms with Gasteiger partial charge in [-0.1, -0.05) is 13.8 Å². The molecule has 2 rings (SSSR count). The molecule has 0 bridgehead atoms. The third-order valence-electron chi connectivity index (χ3n) is 4.88. The van der Waals surface area contributed by atoms with Crippen molar-refractivity contribution < 1.29 is 14.3 Å². The molecular formula is C20H32ClN3O3. The second-order valence-corrected chi connectivity index (χ2v) is 6.77. The molecule has 0 unspecified atom stereocenters. The number of amides is 2. The summed E-state index contributed by atoms with van der Waals surface area (Å²) in [4.78, 5) is 27.2. The third kappa shape index (κ3) is 5.92. The number of piperidine rings is 1. The predicted molar refractivity (Wildman–Crippen MR) is 111 cm³/mol. The number of methoxy groups -OCH3 is 1. The number of ether oxygens (including phenoxy) is 1. The molecule has 1 heterocycles. The lowest BCUT2D eigenvalue weighted by Gasteiger charge is -2.34. The normalized spacial score (nSPS) is 15.5. The van der Waals surface area contributed by atoms with Gasteiger partial charge in [-0.15, -0.1) is 12.4 Å². The van der Waals surface area contributed by atoms with E-state index < -0.39 is 5.60 Å². The Morgan fingerprint density at radius 2 is 1.67 bits per heavy atom. The highest BCUT2D eigenvalue weighted by molar-refractivity contribution is 5.98. The van der Waals surface area contributed by atoms with Gasteiger partial charge in [-0.05, 0) is 63.0 Å². The topological polar surface area (TPSA) is 70.7 Å². The van der Waals surface area contributed by atoms with E-state index in [4.69, 9.17) is 4.74 Å². The number of carbonyl (C=O) groups excluding carboxylic acids is 2. The molecule has 0 aliphatic carbocycles. The summed E-state index contributed by atoms with van der Waals surface area (Å²) in [6, 6.07) is 7.12. The van der Waals surface area contributed by atoms with Crippen molar-refractivity contribution >= 4 is 29.9 Å². The van der Waals surface area contributed by atoms with Crippen molar-refractivity contribution in [1.82, 2.24) is 10.2 Å². The van der Waals surface area contributed by atoms with Gasteiger partial charge < -0.3 is 20.3 Å². The van der Waals surface area contributed by atoms with Crippen molar-refractivity contribution in [2.45, 2.75) is 45.1 Å². The Labute approximate surface area is 168 Å². The van der Waals surface area contributed by atoms with Crippen molar-refractivity contribution in [3.63, 3.8) is 0 Å². The van der Waals surface area contributed by atoms with Gasteiger partial charge in [-0.25, -0.2) is 0 Å². The highest BCUT2D eigenvalue weighted by atomic mass is 35.5. The molecule has 0 radical (unpaired) electrons. The van der Waals surface area contributed by atoms with Crippen molar-refractivity contribution in [1.29, 1.82) is 0 Å². The first-order chi connectivity index (χ1) is 12.6. The molecule has 0 aromatic heterocycles. The van der Waals surface area contributed by atoms with Crippen LogP contribution in [-0.4, -0.2) is 55.6 Å². The summed E-state index contributed by atoms with van der Waals surface area (Å²) in [7, 11) is 1.59. The number of halogens is 1. The minimum Gasteiger partial charge on any atom is -0.368 e. The minimum atomic E-state index is -0.779. The molecule has 27 heavy (non-hydrogen) atoms. The zero-order valence-corrected chi connectivity index (χ0v) is 17.4. The number of nitrogens with zero attached hydrogens (tertiary/aromatic N) is 1. The highest BCUT2D eigenvalue weighted by Crippen LogP contribution is 2.24. The van der Waals surface area contributed by atoms with Crippen molar-refractivity contribution in [2.24, 2.45) is 0 Å². The quantitative estimate of drug-likeness (QED) is 0.707. The molecule has 1 fully saturated rings. The number of anilines is 1. The van der Waals surface area contributed by atoms with E-state index in [1.807, 2.05) is 4.90 Å². The molecule has 1 aliphatic heterocycles. The minimum absolute atomic E-state index is 0. The van der Waals surface area contributed by atoms with E-state index >= 15 is 0 Å². The Balaban J connectivity index is 0.00000364. The van der Waals surface area contributed by atoms with Gasteiger partial charge in [0.25, 0.3) is 11.8 Å². The smallest absolute Gasteiger partial charge is 0.256 e. The summed E-state index contributed by atoms with van der Waals surface area (Å²) < 4.78 is 5.55. The molecule has 2 N–H and O–H groups in total. The van der Waals surface area contributed by atoms with Crippen molar-refractivity contribution in [3.05, 3.63) is 29.8 Å². The van der Waals surface area contributed by atoms with Crippen LogP contribution >= 0.6 is 12.4 Å². The molecule has 1 aliphatic rings. The average molecular weight is 398 g/mol. The fourth-order valence-electron chi connectivity index (χ4n) is 3.33. The second-order valence-electron chi connectivity index (χ2n) is 6.77. The summed E-state index contributed by atoms with van der Waals surface area (Å²) >= 11 is 0. The van der Waals surface area contributed by atoms with E-state index in [9.17, 15) is 9.59 Å². The molecule has 1 aromatic rings. The van der Waals surface area contributed by atoms with Crippen LogP contribution in [0.4, 0.5) is 5.69 Å². The van der Waals surface area contributed by atoms with E-state index in [0.717, 1.165) is 39.0 Å². The van der Waals surface area contributed by atoms with E-state index in [2.05, 4.69) is 24.5 Å². The first-order valence-corrected chi connectivity index (χ1v) is 9.53. The van der Waals surface area contributed by atoms with E-state index in [0.29, 0.717) is 24.1 Å². The van der Waals surface area contributed by atoms with Crippen LogP contribution in [0, 0.1) is 0 Å². The maximum absolute atomic E-state index is 12.7. The van der Waals surface area contributed by atoms with Crippen LogP contribution in [-0.2, 0) is 9.53 Å². The number of rotatable bonds is 8. The molecule has 7 heteroatoms. The lowest BCUT2D eigenvalue weighted by atomic mass is 9.91. The van der Waals surface area contributed by atoms with Crippen LogP contribution < -0.4 is 10.6 Å². The summed E-state index contributed by atoms with van der Waals surface area (Å²) in [6.07, 6.45) is 3.17. The van der Waals surface area contributed by atoms with Gasteiger partial charge in [0.05, 0.1) is 0 Å². The monoisotopic (exact) mass is 397 g/mol. The van der Waals surface area contributed by atoms with Crippen LogP contribution in [0.25, 0.3) is 0 Å². The standard InChI is InChI=1S/C20H31N3O3.ClH/c1-4-14-23(15-5-2)18(24)16-6-8-17(9-7-16)22-19(25)20(26-3)10-12-21-13-11-20;/h6-9,21H,4-5,10-15H2,1-3H3,(H,22,25);1H. The lowest BCUT2D eigenvalue weighted by molar-refractivity contribution is -0.140. The van der Waals surface area contributed by atoms with Crippen molar-refractivity contribution in [3.8, 4) is 0 Å². The maximum Gasteiger partial charge on any atom is 0.256 e. The molecule has 0 atom stereocenters. The van der Waals surface area contributed by atoms with Crippen molar-refractivity contribution in [2.75, 3.05) is 38.6 Å². The van der Waals surface area contributed by atoms with Crippen LogP contribution in [0.15, 0.2) is 24.3 Å². The number of hydrogen-bond donors (Lipinski definition) is 2. The predicted octanol–water partition coefficient (Wildman–Crippen LogP) is 3.08. The van der Waals surface area contributed by atoms with Gasteiger partial charge >= 0.3 is 0 Å². The fraction of sp³-hybridized carbons (Fsp3) is 0.600. The first-order valence-electron chi connectivity index (χ1n) is 9.53. The number of hydrogen-bond acceptors (Lipinski definition) is 4. The highest BCUT2D eigenvalue weighted by Gasteiger charge is 2.39. The third-order valence-corrected chi connectivity index (χ3v) is 4.88. The van der Waals surface area contributed by atoms with E-state index in [1.165, 1.54) is 0 Å². The van der Waals surface area contributed by atoms with Gasteiger partial charge in [0.15, 0.2) is 0 Å². The number of nitrogens with one attached hydrogen (secondary N) is 2. The summed E-state index contributed by atoms with van der Waals surface area (Å²) in [5.74, 6) is -0.0857. The zero-order valence-electron chi connectivity index (χ0n) is 16.5. The van der Waals surface area contributed by atoms with E-state index in [1.54, 1.807) is 31.4 Å². The summed E-state index contributed by atoms with van der Waals surface area (Å²) in [6.45, 7) is 7.19. The average Bonchev–Trinajstić information content (AvgIpc) is 2.68. The van der Waals surface area contributed by atoms with Gasteiger partial charge in [0.1, 0.15) is 5.60 Å². The SMILES string of the molecule is CCCN(CCC)C(=O)c1ccc(NC(=O)C2(OC)CCNCC2)cc1.Cl. The molecule has 2 amide bonds. The Morgan fingerprint density at radius 3 is 2.15 bits per heavy atom. The second kappa shape index (κ2) is 11.3. The number of carbonyl (C=O) groups is 2. The molecule has 1 saturated heterocycles. The van der Waals surface area contributed by atoms with Crippen LogP contribution in [0.1, 0.15) is 49.9 Å². The summed E-state index contributed by atoms with van der Waals surface area (Å²) in [5, 5.41) is 6.17. The zero-order chi connectivity index (χ0) is 19.0. The maximum atomic E-state index is 12.7. The molecule has 6 nitrogen and oxygen atoms in total. The van der Waals surface area contributed by atoms with Gasteiger partial charge in [-0.3, -0.25) is 9.59 Å². The van der Waals surface area contributed by atoms with Crippen LogP contribution in [0.3, 0.4) is 0 Å². The lowest BCUT2D eigenvalue weighted by Crippen LogP contribution is -2.51. The molecule has 1 aromatic carbocycles. The van der Waals surface area contributed by atoms with Gasteiger partial charge in [0, 0.05) is 31.5 Å². The van der Waals surface area contributed by atoms with Gasteiger partial charge in [0.2, 0.25) is 0 Å². The molecule has 0 spiro atoms. The Kier molecular flexibility index (Phi) is 9.77.